The first-order valence-corrected chi connectivity index (χ1v) is 5.73. The summed E-state index contributed by atoms with van der Waals surface area (Å²) in [6, 6.07) is 0. The van der Waals surface area contributed by atoms with Crippen LogP contribution in [0.1, 0.15) is 23.7 Å². The highest BCUT2D eigenvalue weighted by molar-refractivity contribution is 9.10. The molecule has 0 aliphatic heterocycles. The van der Waals surface area contributed by atoms with E-state index < -0.39 is 0 Å². The Balaban J connectivity index is 2.84. The fourth-order valence-electron chi connectivity index (χ4n) is 1.09. The molecule has 0 aliphatic carbocycles. The Hall–Kier alpha value is -0.190. The largest absolute Gasteiger partial charge is 0.373 e. The maximum absolute atomic E-state index is 11.7. The Labute approximate surface area is 90.0 Å². The van der Waals surface area contributed by atoms with Crippen LogP contribution in [0.25, 0.3) is 0 Å². The molecule has 1 aromatic heterocycles. The zero-order valence-corrected chi connectivity index (χ0v) is 9.94. The highest BCUT2D eigenvalue weighted by Crippen LogP contribution is 2.23. The molecular formula is C9H11BrO2S. The molecule has 0 spiro atoms. The molecule has 0 saturated heterocycles. The summed E-state index contributed by atoms with van der Waals surface area (Å²) in [5.41, 5.74) is 0.721. The summed E-state index contributed by atoms with van der Waals surface area (Å²) in [5.74, 6) is 0.0538. The highest BCUT2D eigenvalue weighted by Gasteiger charge is 2.20. The monoisotopic (exact) mass is 262 g/mol. The molecule has 0 aliphatic rings. The first-order valence-electron chi connectivity index (χ1n) is 3.99. The molecule has 13 heavy (non-hydrogen) atoms. The molecule has 1 heterocycles. The van der Waals surface area contributed by atoms with E-state index in [1.165, 1.54) is 11.3 Å². The third kappa shape index (κ3) is 2.39. The van der Waals surface area contributed by atoms with Gasteiger partial charge >= 0.3 is 0 Å². The number of hydrogen-bond donors (Lipinski definition) is 0. The number of ketones is 1. The van der Waals surface area contributed by atoms with Crippen molar-refractivity contribution in [3.63, 3.8) is 0 Å². The summed E-state index contributed by atoms with van der Waals surface area (Å²) in [4.78, 5) is 11.7. The molecule has 1 atom stereocenters. The summed E-state index contributed by atoms with van der Waals surface area (Å²) in [6.07, 6.45) is 0.392. The zero-order valence-electron chi connectivity index (χ0n) is 7.54. The van der Waals surface area contributed by atoms with Crippen molar-refractivity contribution in [1.29, 1.82) is 0 Å². The van der Waals surface area contributed by atoms with Gasteiger partial charge < -0.3 is 4.74 Å². The van der Waals surface area contributed by atoms with Crippen LogP contribution in [0.3, 0.4) is 0 Å². The average molecular weight is 263 g/mol. The van der Waals surface area contributed by atoms with E-state index in [1.807, 2.05) is 17.7 Å². The van der Waals surface area contributed by atoms with Gasteiger partial charge in [-0.2, -0.15) is 11.3 Å². The number of ether oxygens (including phenoxy) is 1. The SMILES string of the molecule is CCC(OC)C(=O)c1cscc1Br. The van der Waals surface area contributed by atoms with E-state index in [4.69, 9.17) is 4.74 Å². The van der Waals surface area contributed by atoms with Crippen molar-refractivity contribution < 1.29 is 9.53 Å². The molecular weight excluding hydrogens is 252 g/mol. The van der Waals surface area contributed by atoms with Crippen LogP contribution in [-0.2, 0) is 4.74 Å². The molecule has 2 nitrogen and oxygen atoms in total. The molecule has 0 aromatic carbocycles. The van der Waals surface area contributed by atoms with Crippen molar-refractivity contribution in [2.45, 2.75) is 19.4 Å². The molecule has 0 bridgehead atoms. The predicted molar refractivity (Wildman–Crippen MR) is 57.4 cm³/mol. The molecule has 0 fully saturated rings. The van der Waals surface area contributed by atoms with Crippen molar-refractivity contribution in [2.24, 2.45) is 0 Å². The minimum Gasteiger partial charge on any atom is -0.373 e. The standard InChI is InChI=1S/C9H11BrO2S/c1-3-8(12-2)9(11)6-4-13-5-7(6)10/h4-5,8H,3H2,1-2H3. The molecule has 1 unspecified atom stereocenters. The van der Waals surface area contributed by atoms with Crippen LogP contribution < -0.4 is 0 Å². The minimum atomic E-state index is -0.314. The summed E-state index contributed by atoms with van der Waals surface area (Å²) in [5, 5.41) is 3.74. The third-order valence-corrected chi connectivity index (χ3v) is 3.53. The average Bonchev–Trinajstić information content (AvgIpc) is 2.53. The number of thiophene rings is 1. The number of rotatable bonds is 4. The van der Waals surface area contributed by atoms with E-state index in [-0.39, 0.29) is 11.9 Å². The van der Waals surface area contributed by atoms with Gasteiger partial charge in [-0.3, -0.25) is 4.79 Å². The van der Waals surface area contributed by atoms with Gasteiger partial charge in [0.2, 0.25) is 0 Å². The summed E-state index contributed by atoms with van der Waals surface area (Å²) < 4.78 is 5.93. The summed E-state index contributed by atoms with van der Waals surface area (Å²) in [6.45, 7) is 1.94. The molecule has 1 rings (SSSR count). The van der Waals surface area contributed by atoms with E-state index in [0.717, 1.165) is 10.0 Å². The Morgan fingerprint density at radius 2 is 2.38 bits per heavy atom. The van der Waals surface area contributed by atoms with Gasteiger partial charge in [-0.1, -0.05) is 6.92 Å². The van der Waals surface area contributed by atoms with Crippen molar-refractivity contribution in [3.05, 3.63) is 20.8 Å². The lowest BCUT2D eigenvalue weighted by Crippen LogP contribution is -2.21. The first-order chi connectivity index (χ1) is 6.20. The van der Waals surface area contributed by atoms with Crippen molar-refractivity contribution >= 4 is 33.0 Å². The quantitative estimate of drug-likeness (QED) is 0.780. The van der Waals surface area contributed by atoms with Crippen molar-refractivity contribution in [2.75, 3.05) is 7.11 Å². The second kappa shape index (κ2) is 4.88. The number of carbonyl (C=O) groups excluding carboxylic acids is 1. The van der Waals surface area contributed by atoms with Crippen LogP contribution >= 0.6 is 27.3 Å². The smallest absolute Gasteiger partial charge is 0.193 e. The van der Waals surface area contributed by atoms with Gasteiger partial charge in [0.05, 0.1) is 0 Å². The van der Waals surface area contributed by atoms with E-state index in [2.05, 4.69) is 15.9 Å². The molecule has 72 valence electrons. The Morgan fingerprint density at radius 3 is 2.77 bits per heavy atom. The van der Waals surface area contributed by atoms with Crippen LogP contribution in [0, 0.1) is 0 Å². The number of hydrogen-bond acceptors (Lipinski definition) is 3. The molecule has 0 amide bonds. The van der Waals surface area contributed by atoms with Gasteiger partial charge in [-0.05, 0) is 22.4 Å². The summed E-state index contributed by atoms with van der Waals surface area (Å²) >= 11 is 4.84. The number of halogens is 1. The highest BCUT2D eigenvalue weighted by atomic mass is 79.9. The van der Waals surface area contributed by atoms with Crippen LogP contribution in [0.4, 0.5) is 0 Å². The van der Waals surface area contributed by atoms with Gasteiger partial charge in [0.25, 0.3) is 0 Å². The lowest BCUT2D eigenvalue weighted by atomic mass is 10.1. The molecule has 1 aromatic rings. The third-order valence-electron chi connectivity index (χ3n) is 1.83. The number of Topliss-reactive ketones (excluding diaryl/α,β-unsaturated/α-hetero) is 1. The lowest BCUT2D eigenvalue weighted by molar-refractivity contribution is 0.0595. The maximum atomic E-state index is 11.7. The van der Waals surface area contributed by atoms with Gasteiger partial charge in [0.15, 0.2) is 5.78 Å². The maximum Gasteiger partial charge on any atom is 0.193 e. The predicted octanol–water partition coefficient (Wildman–Crippen LogP) is 3.12. The van der Waals surface area contributed by atoms with E-state index in [1.54, 1.807) is 7.11 Å². The van der Waals surface area contributed by atoms with Gasteiger partial charge in [0.1, 0.15) is 6.10 Å². The second-order valence-electron chi connectivity index (χ2n) is 2.63. The Bertz CT molecular complexity index is 292. The van der Waals surface area contributed by atoms with Crippen LogP contribution in [0.5, 0.6) is 0 Å². The van der Waals surface area contributed by atoms with Gasteiger partial charge in [0, 0.05) is 27.9 Å². The zero-order chi connectivity index (χ0) is 9.84. The topological polar surface area (TPSA) is 26.3 Å². The first kappa shape index (κ1) is 10.9. The number of methoxy groups -OCH3 is 1. The Kier molecular flexibility index (Phi) is 4.09. The second-order valence-corrected chi connectivity index (χ2v) is 4.23. The van der Waals surface area contributed by atoms with E-state index >= 15 is 0 Å². The van der Waals surface area contributed by atoms with Crippen LogP contribution in [-0.4, -0.2) is 19.0 Å². The molecule has 0 radical (unpaired) electrons. The van der Waals surface area contributed by atoms with Crippen LogP contribution in [0.2, 0.25) is 0 Å². The Morgan fingerprint density at radius 1 is 1.69 bits per heavy atom. The molecule has 4 heteroatoms. The van der Waals surface area contributed by atoms with E-state index in [9.17, 15) is 4.79 Å². The lowest BCUT2D eigenvalue weighted by Gasteiger charge is -2.10. The number of carbonyl (C=O) groups is 1. The van der Waals surface area contributed by atoms with Gasteiger partial charge in [-0.25, -0.2) is 0 Å². The van der Waals surface area contributed by atoms with E-state index in [0.29, 0.717) is 6.42 Å². The minimum absolute atomic E-state index is 0.0538. The fraction of sp³-hybridized carbons (Fsp3) is 0.444. The molecule has 0 N–H and O–H groups in total. The normalized spacial score (nSPS) is 12.8. The van der Waals surface area contributed by atoms with Crippen molar-refractivity contribution in [1.82, 2.24) is 0 Å². The van der Waals surface area contributed by atoms with Crippen LogP contribution in [0.15, 0.2) is 15.2 Å². The molecule has 0 saturated carbocycles. The summed E-state index contributed by atoms with van der Waals surface area (Å²) in [7, 11) is 1.56. The van der Waals surface area contributed by atoms with Gasteiger partial charge in [-0.15, -0.1) is 0 Å². The fourth-order valence-corrected chi connectivity index (χ4v) is 2.57. The van der Waals surface area contributed by atoms with Crippen molar-refractivity contribution in [3.8, 4) is 0 Å².